The van der Waals surface area contributed by atoms with Crippen molar-refractivity contribution < 1.29 is 18.3 Å². The SMILES string of the molecule is CC(=O)O.Cc1ccc(S(N)(=O)=O)cc1[As]. The van der Waals surface area contributed by atoms with E-state index in [4.69, 9.17) is 15.0 Å². The molecular formula is C9H12AsNO4S. The number of aryl methyl sites for hydroxylation is 1. The van der Waals surface area contributed by atoms with Gasteiger partial charge >= 0.3 is 80.4 Å². The van der Waals surface area contributed by atoms with Gasteiger partial charge in [0.2, 0.25) is 0 Å². The van der Waals surface area contributed by atoms with Crippen LogP contribution in [0.15, 0.2) is 23.1 Å². The Morgan fingerprint density at radius 3 is 2.19 bits per heavy atom. The van der Waals surface area contributed by atoms with Gasteiger partial charge in [0.1, 0.15) is 0 Å². The predicted octanol–water partition coefficient (Wildman–Crippen LogP) is -0.473. The summed E-state index contributed by atoms with van der Waals surface area (Å²) < 4.78 is 22.6. The molecule has 1 aromatic carbocycles. The van der Waals surface area contributed by atoms with Crippen molar-refractivity contribution in [1.29, 1.82) is 0 Å². The van der Waals surface area contributed by atoms with Crippen molar-refractivity contribution in [2.75, 3.05) is 0 Å². The standard InChI is InChI=1S/C7H8AsNO2S.C2H4O2/c1-5-2-3-6(4-7(5)8)12(9,10)11;1-2(3)4/h2-4H,1H3,(H2,9,10,11);1H3,(H,3,4). The molecule has 0 bridgehead atoms. The third kappa shape index (κ3) is 5.90. The first-order valence-electron chi connectivity index (χ1n) is 4.16. The average Bonchev–Trinajstić information content (AvgIpc) is 2.06. The number of hydrogen-bond acceptors (Lipinski definition) is 3. The van der Waals surface area contributed by atoms with Gasteiger partial charge in [0.15, 0.2) is 0 Å². The minimum atomic E-state index is -3.55. The topological polar surface area (TPSA) is 97.5 Å². The third-order valence-electron chi connectivity index (χ3n) is 1.51. The molecule has 2 radical (unpaired) electrons. The first-order valence-corrected chi connectivity index (χ1v) is 6.65. The van der Waals surface area contributed by atoms with Gasteiger partial charge in [-0.3, -0.25) is 4.79 Å². The zero-order valence-electron chi connectivity index (χ0n) is 8.84. The van der Waals surface area contributed by atoms with E-state index in [1.54, 1.807) is 12.1 Å². The van der Waals surface area contributed by atoms with Crippen LogP contribution in [-0.4, -0.2) is 36.3 Å². The van der Waals surface area contributed by atoms with E-state index >= 15 is 0 Å². The molecule has 1 rings (SSSR count). The van der Waals surface area contributed by atoms with Gasteiger partial charge in [0.25, 0.3) is 5.97 Å². The van der Waals surface area contributed by atoms with E-state index in [1.807, 2.05) is 6.92 Å². The van der Waals surface area contributed by atoms with Crippen LogP contribution in [-0.2, 0) is 14.8 Å². The Balaban J connectivity index is 0.000000487. The zero-order valence-corrected chi connectivity index (χ0v) is 11.5. The van der Waals surface area contributed by atoms with Gasteiger partial charge in [0.05, 0.1) is 0 Å². The van der Waals surface area contributed by atoms with Gasteiger partial charge in [0, 0.05) is 6.92 Å². The summed E-state index contributed by atoms with van der Waals surface area (Å²) in [6, 6.07) is 4.78. The Bertz CT molecular complexity index is 480. The third-order valence-corrected chi connectivity index (χ3v) is 3.43. The Morgan fingerprint density at radius 2 is 1.88 bits per heavy atom. The molecular weight excluding hydrogens is 293 g/mol. The number of carboxylic acids is 1. The van der Waals surface area contributed by atoms with Crippen LogP contribution in [0.3, 0.4) is 0 Å². The monoisotopic (exact) mass is 305 g/mol. The predicted molar refractivity (Wildman–Crippen MR) is 61.3 cm³/mol. The quantitative estimate of drug-likeness (QED) is 0.685. The van der Waals surface area contributed by atoms with Crippen molar-refractivity contribution in [3.63, 3.8) is 0 Å². The van der Waals surface area contributed by atoms with Crippen molar-refractivity contribution in [2.24, 2.45) is 5.14 Å². The van der Waals surface area contributed by atoms with E-state index < -0.39 is 16.0 Å². The first kappa shape index (κ1) is 15.2. The van der Waals surface area contributed by atoms with E-state index in [0.29, 0.717) is 0 Å². The fourth-order valence-electron chi connectivity index (χ4n) is 0.766. The molecule has 3 N–H and O–H groups in total. The van der Waals surface area contributed by atoms with E-state index in [9.17, 15) is 8.42 Å². The van der Waals surface area contributed by atoms with Crippen LogP contribution in [0.4, 0.5) is 0 Å². The number of carboxylic acid groups (broad SMARTS) is 1. The van der Waals surface area contributed by atoms with Gasteiger partial charge in [-0.25, -0.2) is 0 Å². The Kier molecular flexibility index (Phi) is 5.72. The number of primary sulfonamides is 1. The van der Waals surface area contributed by atoms with E-state index in [1.165, 1.54) is 6.07 Å². The molecule has 1 aromatic rings. The number of rotatable bonds is 1. The van der Waals surface area contributed by atoms with Crippen molar-refractivity contribution in [3.05, 3.63) is 23.8 Å². The summed E-state index contributed by atoms with van der Waals surface area (Å²) >= 11 is 2.31. The van der Waals surface area contributed by atoms with Crippen LogP contribution in [0.5, 0.6) is 0 Å². The molecule has 88 valence electrons. The molecule has 0 amide bonds. The number of aliphatic carboxylic acids is 1. The Hall–Kier alpha value is -0.842. The van der Waals surface area contributed by atoms with Gasteiger partial charge < -0.3 is 5.11 Å². The summed E-state index contributed by atoms with van der Waals surface area (Å²) in [6.45, 7) is 2.99. The van der Waals surface area contributed by atoms with Crippen molar-refractivity contribution in [1.82, 2.24) is 0 Å². The molecule has 0 saturated heterocycles. The maximum atomic E-state index is 10.9. The van der Waals surface area contributed by atoms with Crippen molar-refractivity contribution >= 4 is 37.2 Å². The van der Waals surface area contributed by atoms with E-state index in [2.05, 4.69) is 16.9 Å². The van der Waals surface area contributed by atoms with Crippen LogP contribution in [0.25, 0.3) is 0 Å². The average molecular weight is 305 g/mol. The first-order chi connectivity index (χ1) is 7.14. The van der Waals surface area contributed by atoms with Crippen molar-refractivity contribution in [3.8, 4) is 0 Å². The van der Waals surface area contributed by atoms with Crippen LogP contribution in [0.2, 0.25) is 0 Å². The number of nitrogens with two attached hydrogens (primary N) is 1. The maximum absolute atomic E-state index is 10.9. The second-order valence-electron chi connectivity index (χ2n) is 3.01. The number of sulfonamides is 1. The summed E-state index contributed by atoms with van der Waals surface area (Å²) in [5.41, 5.74) is 1.03. The second kappa shape index (κ2) is 6.03. The fraction of sp³-hybridized carbons (Fsp3) is 0.222. The number of benzene rings is 1. The zero-order chi connectivity index (χ0) is 12.9. The summed E-state index contributed by atoms with van der Waals surface area (Å²) in [7, 11) is -3.55. The molecule has 0 atom stereocenters. The van der Waals surface area contributed by atoms with Gasteiger partial charge in [-0.15, -0.1) is 0 Å². The second-order valence-corrected chi connectivity index (χ2v) is 5.58. The molecule has 0 aliphatic heterocycles. The molecule has 0 aliphatic carbocycles. The van der Waals surface area contributed by atoms with Crippen LogP contribution in [0, 0.1) is 6.92 Å². The Labute approximate surface area is 103 Å². The molecule has 7 heteroatoms. The summed E-state index contributed by atoms with van der Waals surface area (Å²) in [5.74, 6) is -0.833. The molecule has 16 heavy (non-hydrogen) atoms. The van der Waals surface area contributed by atoms with Crippen LogP contribution >= 0.6 is 0 Å². The molecule has 0 heterocycles. The van der Waals surface area contributed by atoms with Gasteiger partial charge in [-0.1, -0.05) is 0 Å². The summed E-state index contributed by atoms with van der Waals surface area (Å²) in [6.07, 6.45) is 0. The van der Waals surface area contributed by atoms with E-state index in [-0.39, 0.29) is 4.90 Å². The fourth-order valence-corrected chi connectivity index (χ4v) is 1.94. The van der Waals surface area contributed by atoms with Crippen LogP contribution < -0.4 is 9.49 Å². The normalized spacial score (nSPS) is 10.2. The Morgan fingerprint density at radius 1 is 1.44 bits per heavy atom. The molecule has 0 spiro atoms. The minimum absolute atomic E-state index is 0.156. The molecule has 5 nitrogen and oxygen atoms in total. The molecule has 0 aromatic heterocycles. The number of hydrogen-bond donors (Lipinski definition) is 2. The van der Waals surface area contributed by atoms with Gasteiger partial charge in [-0.2, -0.15) is 0 Å². The molecule has 0 aliphatic rings. The molecule has 0 unspecified atom stereocenters. The van der Waals surface area contributed by atoms with Crippen molar-refractivity contribution in [2.45, 2.75) is 18.7 Å². The van der Waals surface area contributed by atoms with Gasteiger partial charge in [-0.05, 0) is 0 Å². The summed E-state index contributed by atoms with van der Waals surface area (Å²) in [5, 5.41) is 12.4. The molecule has 0 saturated carbocycles. The molecule has 0 fully saturated rings. The number of carbonyl (C=O) groups is 1. The van der Waals surface area contributed by atoms with Crippen LogP contribution in [0.1, 0.15) is 12.5 Å². The van der Waals surface area contributed by atoms with E-state index in [0.717, 1.165) is 16.8 Å². The summed E-state index contributed by atoms with van der Waals surface area (Å²) in [4.78, 5) is 9.16.